The highest BCUT2D eigenvalue weighted by Crippen LogP contribution is 2.45. The van der Waals surface area contributed by atoms with Gasteiger partial charge in [0.2, 0.25) is 0 Å². The van der Waals surface area contributed by atoms with Crippen LogP contribution in [0.5, 0.6) is 5.75 Å². The summed E-state index contributed by atoms with van der Waals surface area (Å²) in [4.78, 5) is 12.7. The van der Waals surface area contributed by atoms with Crippen molar-refractivity contribution in [1.29, 1.82) is 0 Å². The average molecular weight is 462 g/mol. The van der Waals surface area contributed by atoms with Crippen LogP contribution in [0.4, 0.5) is 8.78 Å². The Balaban J connectivity index is 1.27. The summed E-state index contributed by atoms with van der Waals surface area (Å²) in [6.07, 6.45) is 11.8. The molecule has 0 saturated heterocycles. The molecule has 3 aliphatic rings. The van der Waals surface area contributed by atoms with Gasteiger partial charge in [-0.25, -0.2) is 0 Å². The zero-order chi connectivity index (χ0) is 22.8. The molecule has 0 bridgehead atoms. The lowest BCUT2D eigenvalue weighted by Crippen LogP contribution is -2.28. The fraction of sp³-hybridized carbons (Fsp3) is 0.680. The van der Waals surface area contributed by atoms with Crippen molar-refractivity contribution in [3.05, 3.63) is 23.9 Å². The minimum absolute atomic E-state index is 0.0931. The summed E-state index contributed by atoms with van der Waals surface area (Å²) >= 11 is 0. The molecule has 1 heterocycles. The lowest BCUT2D eigenvalue weighted by molar-refractivity contribution is -0.0491. The molecule has 1 aromatic heterocycles. The van der Waals surface area contributed by atoms with Crippen molar-refractivity contribution >= 4 is 16.8 Å². The van der Waals surface area contributed by atoms with E-state index in [1.54, 1.807) is 12.3 Å². The Labute approximate surface area is 193 Å². The molecule has 0 spiro atoms. The van der Waals surface area contributed by atoms with E-state index in [9.17, 15) is 13.6 Å². The van der Waals surface area contributed by atoms with Crippen molar-refractivity contribution in [2.24, 2.45) is 23.7 Å². The molecule has 2 atom stereocenters. The molecular formula is C25H33F2N3O3. The van der Waals surface area contributed by atoms with Crippen molar-refractivity contribution in [3.8, 4) is 5.75 Å². The fourth-order valence-electron chi connectivity index (χ4n) is 5.36. The molecule has 2 unspecified atom stereocenters. The van der Waals surface area contributed by atoms with Crippen LogP contribution < -0.4 is 10.1 Å². The number of nitrogens with zero attached hydrogens (tertiary/aromatic N) is 2. The Hall–Kier alpha value is -2.22. The highest BCUT2D eigenvalue weighted by molar-refractivity contribution is 6.03. The third-order valence-electron chi connectivity index (χ3n) is 7.63. The first kappa shape index (κ1) is 22.6. The van der Waals surface area contributed by atoms with Crippen molar-refractivity contribution < 1.29 is 23.0 Å². The van der Waals surface area contributed by atoms with E-state index in [2.05, 4.69) is 10.4 Å². The van der Waals surface area contributed by atoms with Gasteiger partial charge in [-0.1, -0.05) is 0 Å². The molecular weight excluding hydrogens is 428 g/mol. The van der Waals surface area contributed by atoms with Crippen LogP contribution in [0.15, 0.2) is 18.3 Å². The Morgan fingerprint density at radius 2 is 1.76 bits per heavy atom. The van der Waals surface area contributed by atoms with Gasteiger partial charge in [-0.15, -0.1) is 0 Å². The highest BCUT2D eigenvalue weighted by Gasteiger charge is 2.34. The molecule has 3 saturated carbocycles. The van der Waals surface area contributed by atoms with Gasteiger partial charge in [0.05, 0.1) is 23.1 Å². The summed E-state index contributed by atoms with van der Waals surface area (Å²) in [5.74, 6) is 2.44. The number of benzene rings is 1. The van der Waals surface area contributed by atoms with Crippen molar-refractivity contribution in [1.82, 2.24) is 15.1 Å². The molecule has 180 valence electrons. The number of nitrogens with one attached hydrogen (secondary N) is 1. The standard InChI is InChI=1S/C25H33F2N3O3/c26-25(27)33-23-20(24(31)28-11-12-32-15-17-1-2-17)9-10-22-21(23)14-30(29-22)13-16-3-5-18-7-8-19(18)6-4-16/h9-10,14,16-19,25H,1-8,11-13,15H2,(H,28,31). The van der Waals surface area contributed by atoms with Gasteiger partial charge in [-0.05, 0) is 87.2 Å². The quantitative estimate of drug-likeness (QED) is 0.505. The summed E-state index contributed by atoms with van der Waals surface area (Å²) in [5.41, 5.74) is 0.652. The smallest absolute Gasteiger partial charge is 0.387 e. The first-order valence-corrected chi connectivity index (χ1v) is 12.4. The Bertz CT molecular complexity index is 961. The van der Waals surface area contributed by atoms with Crippen LogP contribution in [0.1, 0.15) is 61.7 Å². The third-order valence-corrected chi connectivity index (χ3v) is 7.63. The second-order valence-electron chi connectivity index (χ2n) is 10.00. The number of aromatic nitrogens is 2. The summed E-state index contributed by atoms with van der Waals surface area (Å²) < 4.78 is 38.7. The first-order chi connectivity index (χ1) is 16.1. The van der Waals surface area contributed by atoms with Gasteiger partial charge in [0.15, 0.2) is 0 Å². The van der Waals surface area contributed by atoms with Crippen LogP contribution in [0, 0.1) is 23.7 Å². The van der Waals surface area contributed by atoms with Crippen molar-refractivity contribution in [3.63, 3.8) is 0 Å². The largest absolute Gasteiger partial charge is 0.433 e. The summed E-state index contributed by atoms with van der Waals surface area (Å²) in [7, 11) is 0. The van der Waals surface area contributed by atoms with E-state index < -0.39 is 12.5 Å². The molecule has 3 aliphatic carbocycles. The van der Waals surface area contributed by atoms with Gasteiger partial charge in [0, 0.05) is 25.9 Å². The number of amides is 1. The number of halogens is 2. The fourth-order valence-corrected chi connectivity index (χ4v) is 5.36. The molecule has 0 aliphatic heterocycles. The van der Waals surface area contributed by atoms with E-state index in [0.29, 0.717) is 42.5 Å². The van der Waals surface area contributed by atoms with E-state index >= 15 is 0 Å². The van der Waals surface area contributed by atoms with Crippen molar-refractivity contribution in [2.45, 2.75) is 64.5 Å². The predicted molar refractivity (Wildman–Crippen MR) is 120 cm³/mol. The van der Waals surface area contributed by atoms with Crippen LogP contribution in [0.2, 0.25) is 0 Å². The van der Waals surface area contributed by atoms with Crippen LogP contribution >= 0.6 is 0 Å². The van der Waals surface area contributed by atoms with E-state index in [1.165, 1.54) is 57.4 Å². The number of carbonyl (C=O) groups is 1. The molecule has 0 radical (unpaired) electrons. The van der Waals surface area contributed by atoms with Gasteiger partial charge in [0.25, 0.3) is 5.91 Å². The highest BCUT2D eigenvalue weighted by atomic mass is 19.3. The Morgan fingerprint density at radius 3 is 2.42 bits per heavy atom. The topological polar surface area (TPSA) is 65.4 Å². The third kappa shape index (κ3) is 5.48. The minimum Gasteiger partial charge on any atom is -0.433 e. The van der Waals surface area contributed by atoms with Gasteiger partial charge in [-0.2, -0.15) is 13.9 Å². The molecule has 5 rings (SSSR count). The second kappa shape index (κ2) is 9.95. The lowest BCUT2D eigenvalue weighted by atomic mass is 9.71. The molecule has 1 N–H and O–H groups in total. The molecule has 3 fully saturated rings. The van der Waals surface area contributed by atoms with Crippen LogP contribution in [-0.2, 0) is 11.3 Å². The zero-order valence-corrected chi connectivity index (χ0v) is 19.0. The predicted octanol–water partition coefficient (Wildman–Crippen LogP) is 5.01. The van der Waals surface area contributed by atoms with Crippen LogP contribution in [0.25, 0.3) is 10.9 Å². The van der Waals surface area contributed by atoms with Gasteiger partial charge < -0.3 is 14.8 Å². The number of fused-ring (bicyclic) bond motifs is 2. The first-order valence-electron chi connectivity index (χ1n) is 12.4. The van der Waals surface area contributed by atoms with Crippen LogP contribution in [-0.4, -0.2) is 42.1 Å². The number of hydrogen-bond acceptors (Lipinski definition) is 4. The maximum Gasteiger partial charge on any atom is 0.387 e. The number of alkyl halides is 2. The summed E-state index contributed by atoms with van der Waals surface area (Å²) in [5, 5.41) is 7.80. The Kier molecular flexibility index (Phi) is 6.81. The lowest BCUT2D eigenvalue weighted by Gasteiger charge is -2.35. The summed E-state index contributed by atoms with van der Waals surface area (Å²) in [6, 6.07) is 3.22. The molecule has 1 aromatic carbocycles. The monoisotopic (exact) mass is 461 g/mol. The number of carbonyl (C=O) groups excluding carboxylic acids is 1. The molecule has 2 aromatic rings. The number of rotatable bonds is 10. The van der Waals surface area contributed by atoms with Gasteiger partial charge >= 0.3 is 6.61 Å². The van der Waals surface area contributed by atoms with E-state index in [-0.39, 0.29) is 11.3 Å². The minimum atomic E-state index is -3.02. The number of hydrogen-bond donors (Lipinski definition) is 1. The molecule has 33 heavy (non-hydrogen) atoms. The molecule has 8 heteroatoms. The van der Waals surface area contributed by atoms with Crippen LogP contribution in [0.3, 0.4) is 0 Å². The van der Waals surface area contributed by atoms with E-state index in [4.69, 9.17) is 9.47 Å². The second-order valence-corrected chi connectivity index (χ2v) is 10.00. The van der Waals surface area contributed by atoms with Gasteiger partial charge in [-0.3, -0.25) is 9.48 Å². The SMILES string of the molecule is O=C(NCCOCC1CC1)c1ccc2nn(CC3CCC4CCC4CC3)cc2c1OC(F)F. The maximum absolute atomic E-state index is 13.2. The Morgan fingerprint density at radius 1 is 1.06 bits per heavy atom. The average Bonchev–Trinajstić information content (AvgIpc) is 3.51. The van der Waals surface area contributed by atoms with E-state index in [1.807, 2.05) is 4.68 Å². The van der Waals surface area contributed by atoms with E-state index in [0.717, 1.165) is 18.4 Å². The van der Waals surface area contributed by atoms with Crippen molar-refractivity contribution in [2.75, 3.05) is 19.8 Å². The maximum atomic E-state index is 13.2. The normalized spacial score (nSPS) is 24.9. The van der Waals surface area contributed by atoms with Gasteiger partial charge in [0.1, 0.15) is 5.75 Å². The zero-order valence-electron chi connectivity index (χ0n) is 19.0. The number of ether oxygens (including phenoxy) is 2. The molecule has 1 amide bonds. The summed E-state index contributed by atoms with van der Waals surface area (Å²) in [6.45, 7) is -0.827. The molecule has 6 nitrogen and oxygen atoms in total.